The third kappa shape index (κ3) is 2.65. The van der Waals surface area contributed by atoms with Gasteiger partial charge in [0, 0.05) is 49.0 Å². The van der Waals surface area contributed by atoms with Crippen molar-refractivity contribution in [2.24, 2.45) is 7.05 Å². The van der Waals surface area contributed by atoms with Crippen molar-refractivity contribution in [1.29, 1.82) is 0 Å². The standard InChI is InChI=1S/C22H17FN4O/c1-26-13-18-17(5-2-6-20(18)25-26)14-7-8-15(19(23)10-14)11-27-12-16-4-3-9-24-21(16)22(27)28/h2-10,13H,11-12H2,1H3. The smallest absolute Gasteiger partial charge is 0.273 e. The SMILES string of the molecule is Cn1cc2c(-c3ccc(CN4Cc5cccnc5C4=O)c(F)c3)cccc2n1. The van der Waals surface area contributed by atoms with Crippen LogP contribution in [0.2, 0.25) is 0 Å². The van der Waals surface area contributed by atoms with Gasteiger partial charge in [-0.25, -0.2) is 4.39 Å². The first kappa shape index (κ1) is 16.6. The van der Waals surface area contributed by atoms with Gasteiger partial charge >= 0.3 is 0 Å². The highest BCUT2D eigenvalue weighted by molar-refractivity contribution is 5.96. The monoisotopic (exact) mass is 372 g/mol. The Morgan fingerprint density at radius 1 is 1.14 bits per heavy atom. The number of benzene rings is 2. The molecule has 0 saturated heterocycles. The Morgan fingerprint density at radius 2 is 2.04 bits per heavy atom. The molecule has 1 aliphatic heterocycles. The third-order valence-corrected chi connectivity index (χ3v) is 5.13. The van der Waals surface area contributed by atoms with Gasteiger partial charge in [0.25, 0.3) is 5.91 Å². The Hall–Kier alpha value is -3.54. The van der Waals surface area contributed by atoms with E-state index < -0.39 is 0 Å². The molecular formula is C22H17FN4O. The first-order valence-electron chi connectivity index (χ1n) is 9.04. The molecule has 0 spiro atoms. The molecule has 5 nitrogen and oxygen atoms in total. The van der Waals surface area contributed by atoms with Gasteiger partial charge < -0.3 is 4.90 Å². The lowest BCUT2D eigenvalue weighted by Crippen LogP contribution is -2.24. The molecule has 2 aromatic carbocycles. The topological polar surface area (TPSA) is 51.0 Å². The van der Waals surface area contributed by atoms with Crippen LogP contribution in [0.3, 0.4) is 0 Å². The van der Waals surface area contributed by atoms with Crippen LogP contribution in [0.5, 0.6) is 0 Å². The van der Waals surface area contributed by atoms with Crippen LogP contribution < -0.4 is 0 Å². The molecule has 138 valence electrons. The number of carbonyl (C=O) groups excluding carboxylic acids is 1. The van der Waals surface area contributed by atoms with Crippen LogP contribution in [0.25, 0.3) is 22.0 Å². The van der Waals surface area contributed by atoms with Crippen LogP contribution >= 0.6 is 0 Å². The summed E-state index contributed by atoms with van der Waals surface area (Å²) >= 11 is 0. The molecule has 0 unspecified atom stereocenters. The zero-order valence-corrected chi connectivity index (χ0v) is 15.3. The predicted molar refractivity (Wildman–Crippen MR) is 104 cm³/mol. The average molecular weight is 372 g/mol. The first-order valence-corrected chi connectivity index (χ1v) is 9.04. The number of carbonyl (C=O) groups is 1. The second kappa shape index (κ2) is 6.27. The molecule has 0 aliphatic carbocycles. The highest BCUT2D eigenvalue weighted by Gasteiger charge is 2.28. The number of halogens is 1. The highest BCUT2D eigenvalue weighted by atomic mass is 19.1. The minimum atomic E-state index is -0.324. The molecule has 28 heavy (non-hydrogen) atoms. The number of hydrogen-bond donors (Lipinski definition) is 0. The molecule has 0 fully saturated rings. The van der Waals surface area contributed by atoms with Crippen LogP contribution in [0.15, 0.2) is 60.9 Å². The molecule has 3 heterocycles. The predicted octanol–water partition coefficient (Wildman–Crippen LogP) is 3.93. The van der Waals surface area contributed by atoms with Crippen molar-refractivity contribution in [2.75, 3.05) is 0 Å². The van der Waals surface area contributed by atoms with Gasteiger partial charge in [0.1, 0.15) is 11.5 Å². The van der Waals surface area contributed by atoms with E-state index >= 15 is 0 Å². The van der Waals surface area contributed by atoms with E-state index in [1.807, 2.05) is 49.6 Å². The lowest BCUT2D eigenvalue weighted by atomic mass is 10.00. The minimum absolute atomic E-state index is 0.154. The van der Waals surface area contributed by atoms with Gasteiger partial charge in [-0.15, -0.1) is 0 Å². The van der Waals surface area contributed by atoms with Crippen molar-refractivity contribution in [1.82, 2.24) is 19.7 Å². The number of amides is 1. The lowest BCUT2D eigenvalue weighted by Gasteiger charge is -2.16. The van der Waals surface area contributed by atoms with Gasteiger partial charge in [-0.3, -0.25) is 14.5 Å². The molecule has 0 saturated carbocycles. The fourth-order valence-electron chi connectivity index (χ4n) is 3.78. The van der Waals surface area contributed by atoms with E-state index in [1.165, 1.54) is 6.07 Å². The highest BCUT2D eigenvalue weighted by Crippen LogP contribution is 2.30. The summed E-state index contributed by atoms with van der Waals surface area (Å²) in [5.74, 6) is -0.477. The van der Waals surface area contributed by atoms with E-state index in [0.717, 1.165) is 27.6 Å². The maximum absolute atomic E-state index is 14.9. The summed E-state index contributed by atoms with van der Waals surface area (Å²) in [5, 5.41) is 5.39. The molecule has 0 radical (unpaired) electrons. The lowest BCUT2D eigenvalue weighted by molar-refractivity contribution is 0.0761. The summed E-state index contributed by atoms with van der Waals surface area (Å²) in [4.78, 5) is 18.3. The van der Waals surface area contributed by atoms with Crippen LogP contribution in [-0.4, -0.2) is 25.6 Å². The second-order valence-electron chi connectivity index (χ2n) is 7.02. The summed E-state index contributed by atoms with van der Waals surface area (Å²) in [6.45, 7) is 0.677. The molecule has 5 rings (SSSR count). The molecule has 0 bridgehead atoms. The van der Waals surface area contributed by atoms with Crippen molar-refractivity contribution in [3.8, 4) is 11.1 Å². The van der Waals surface area contributed by atoms with Crippen molar-refractivity contribution in [2.45, 2.75) is 13.1 Å². The summed E-state index contributed by atoms with van der Waals surface area (Å²) in [7, 11) is 1.87. The average Bonchev–Trinajstić information content (AvgIpc) is 3.22. The van der Waals surface area contributed by atoms with E-state index in [9.17, 15) is 9.18 Å². The van der Waals surface area contributed by atoms with E-state index in [4.69, 9.17) is 0 Å². The molecule has 4 aromatic rings. The summed E-state index contributed by atoms with van der Waals surface area (Å²) in [6.07, 6.45) is 3.54. The maximum Gasteiger partial charge on any atom is 0.273 e. The number of aromatic nitrogens is 3. The normalized spacial score (nSPS) is 13.4. The molecule has 0 N–H and O–H groups in total. The fraction of sp³-hybridized carbons (Fsp3) is 0.136. The van der Waals surface area contributed by atoms with Crippen molar-refractivity contribution < 1.29 is 9.18 Å². The molecule has 1 amide bonds. The van der Waals surface area contributed by atoms with Crippen LogP contribution in [0, 0.1) is 5.82 Å². The van der Waals surface area contributed by atoms with Crippen LogP contribution in [0.1, 0.15) is 21.6 Å². The van der Waals surface area contributed by atoms with Gasteiger partial charge in [0.2, 0.25) is 0 Å². The van der Waals surface area contributed by atoms with Gasteiger partial charge in [-0.1, -0.05) is 30.3 Å². The zero-order chi connectivity index (χ0) is 19.3. The number of pyridine rings is 1. The quantitative estimate of drug-likeness (QED) is 0.548. The Kier molecular flexibility index (Phi) is 3.72. The Balaban J connectivity index is 1.45. The largest absolute Gasteiger partial charge is 0.328 e. The van der Waals surface area contributed by atoms with Crippen LogP contribution in [-0.2, 0) is 20.1 Å². The summed E-state index contributed by atoms with van der Waals surface area (Å²) in [5.41, 5.74) is 4.43. The van der Waals surface area contributed by atoms with E-state index in [2.05, 4.69) is 10.1 Å². The van der Waals surface area contributed by atoms with Crippen molar-refractivity contribution in [3.05, 3.63) is 83.6 Å². The van der Waals surface area contributed by atoms with Gasteiger partial charge in [0.05, 0.1) is 5.52 Å². The van der Waals surface area contributed by atoms with Gasteiger partial charge in [-0.2, -0.15) is 5.10 Å². The Labute approximate surface area is 161 Å². The number of fused-ring (bicyclic) bond motifs is 2. The summed E-state index contributed by atoms with van der Waals surface area (Å²) in [6, 6.07) is 14.7. The van der Waals surface area contributed by atoms with Crippen molar-refractivity contribution >= 4 is 16.8 Å². The molecule has 6 heteroatoms. The number of hydrogen-bond acceptors (Lipinski definition) is 3. The first-order chi connectivity index (χ1) is 13.6. The molecule has 0 atom stereocenters. The Bertz CT molecular complexity index is 1230. The van der Waals surface area contributed by atoms with Gasteiger partial charge in [-0.05, 0) is 29.3 Å². The van der Waals surface area contributed by atoms with E-state index in [-0.39, 0.29) is 18.3 Å². The van der Waals surface area contributed by atoms with E-state index in [1.54, 1.807) is 21.8 Å². The fourth-order valence-corrected chi connectivity index (χ4v) is 3.78. The van der Waals surface area contributed by atoms with Gasteiger partial charge in [0.15, 0.2) is 0 Å². The second-order valence-corrected chi connectivity index (χ2v) is 7.02. The van der Waals surface area contributed by atoms with Crippen molar-refractivity contribution in [3.63, 3.8) is 0 Å². The summed E-state index contributed by atoms with van der Waals surface area (Å²) < 4.78 is 16.6. The molecular weight excluding hydrogens is 355 g/mol. The maximum atomic E-state index is 14.9. The van der Waals surface area contributed by atoms with E-state index in [0.29, 0.717) is 17.8 Å². The number of nitrogens with zero attached hydrogens (tertiary/aromatic N) is 4. The Morgan fingerprint density at radius 3 is 2.86 bits per heavy atom. The minimum Gasteiger partial charge on any atom is -0.328 e. The molecule has 2 aromatic heterocycles. The van der Waals surface area contributed by atoms with Crippen LogP contribution in [0.4, 0.5) is 4.39 Å². The molecule has 1 aliphatic rings. The third-order valence-electron chi connectivity index (χ3n) is 5.13. The zero-order valence-electron chi connectivity index (χ0n) is 15.3. The number of aryl methyl sites for hydroxylation is 1. The number of rotatable bonds is 3.